The Kier molecular flexibility index (Phi) is 8.00. The summed E-state index contributed by atoms with van der Waals surface area (Å²) >= 11 is 3.31. The lowest BCUT2D eigenvalue weighted by atomic mass is 9.95. The van der Waals surface area contributed by atoms with Gasteiger partial charge in [0.25, 0.3) is 0 Å². The van der Waals surface area contributed by atoms with Crippen molar-refractivity contribution < 1.29 is 13.2 Å². The summed E-state index contributed by atoms with van der Waals surface area (Å²) in [6.07, 6.45) is 0.983. The summed E-state index contributed by atoms with van der Waals surface area (Å²) in [4.78, 5) is 12.0. The standard InChI is InChI=1S/C15H21BrN2O3S.ClH/c1-11-6-7-17-8-14(11)18-15(19)10-22(20,21)9-12-2-4-13(16)5-3-12;/h2-5,11,14,17H,6-10H2,1H3,(H,18,19);1H. The molecule has 1 heterocycles. The molecule has 1 saturated heterocycles. The molecule has 0 spiro atoms. The van der Waals surface area contributed by atoms with Gasteiger partial charge in [-0.1, -0.05) is 35.0 Å². The van der Waals surface area contributed by atoms with Gasteiger partial charge in [0.2, 0.25) is 5.91 Å². The first kappa shape index (κ1) is 20.4. The van der Waals surface area contributed by atoms with Crippen molar-refractivity contribution in [3.05, 3.63) is 34.3 Å². The van der Waals surface area contributed by atoms with E-state index in [0.717, 1.165) is 17.4 Å². The van der Waals surface area contributed by atoms with Crippen LogP contribution in [0.3, 0.4) is 0 Å². The monoisotopic (exact) mass is 424 g/mol. The highest BCUT2D eigenvalue weighted by Gasteiger charge is 2.25. The summed E-state index contributed by atoms with van der Waals surface area (Å²) in [5, 5.41) is 6.04. The van der Waals surface area contributed by atoms with Crippen LogP contribution >= 0.6 is 28.3 Å². The number of amides is 1. The number of carbonyl (C=O) groups is 1. The summed E-state index contributed by atoms with van der Waals surface area (Å²) < 4.78 is 25.2. The van der Waals surface area contributed by atoms with Gasteiger partial charge in [-0.15, -0.1) is 12.4 Å². The molecule has 2 N–H and O–H groups in total. The van der Waals surface area contributed by atoms with Crippen molar-refractivity contribution in [3.63, 3.8) is 0 Å². The zero-order chi connectivity index (χ0) is 16.2. The summed E-state index contributed by atoms with van der Waals surface area (Å²) in [7, 11) is -3.46. The number of sulfone groups is 1. The molecular weight excluding hydrogens is 404 g/mol. The fraction of sp³-hybridized carbons (Fsp3) is 0.533. The highest BCUT2D eigenvalue weighted by atomic mass is 79.9. The third kappa shape index (κ3) is 6.79. The van der Waals surface area contributed by atoms with Crippen molar-refractivity contribution in [2.75, 3.05) is 18.8 Å². The van der Waals surface area contributed by atoms with Crippen molar-refractivity contribution in [1.82, 2.24) is 10.6 Å². The zero-order valence-corrected chi connectivity index (χ0v) is 16.1. The predicted octanol–water partition coefficient (Wildman–Crippen LogP) is 1.90. The molecule has 0 aliphatic carbocycles. The summed E-state index contributed by atoms with van der Waals surface area (Å²) in [6.45, 7) is 3.71. The lowest BCUT2D eigenvalue weighted by Crippen LogP contribution is -2.51. The van der Waals surface area contributed by atoms with Crippen molar-refractivity contribution in [2.45, 2.75) is 25.1 Å². The van der Waals surface area contributed by atoms with Crippen LogP contribution in [0.1, 0.15) is 18.9 Å². The van der Waals surface area contributed by atoms with Crippen LogP contribution in [0.15, 0.2) is 28.7 Å². The minimum absolute atomic E-state index is 0. The molecule has 0 bridgehead atoms. The number of carbonyl (C=O) groups excluding carboxylic acids is 1. The maximum Gasteiger partial charge on any atom is 0.235 e. The lowest BCUT2D eigenvalue weighted by Gasteiger charge is -2.30. The van der Waals surface area contributed by atoms with Gasteiger partial charge in [-0.2, -0.15) is 0 Å². The molecule has 0 aromatic heterocycles. The molecule has 5 nitrogen and oxygen atoms in total. The second-order valence-electron chi connectivity index (χ2n) is 5.80. The molecule has 1 aromatic carbocycles. The van der Waals surface area contributed by atoms with Crippen molar-refractivity contribution in [1.29, 1.82) is 0 Å². The number of benzene rings is 1. The number of nitrogens with one attached hydrogen (secondary N) is 2. The quantitative estimate of drug-likeness (QED) is 0.755. The highest BCUT2D eigenvalue weighted by molar-refractivity contribution is 9.10. The molecule has 23 heavy (non-hydrogen) atoms. The van der Waals surface area contributed by atoms with Gasteiger partial charge >= 0.3 is 0 Å². The fourth-order valence-electron chi connectivity index (χ4n) is 2.52. The lowest BCUT2D eigenvalue weighted by molar-refractivity contribution is -0.119. The fourth-order valence-corrected chi connectivity index (χ4v) is 4.07. The Morgan fingerprint density at radius 3 is 2.61 bits per heavy atom. The average Bonchev–Trinajstić information content (AvgIpc) is 2.43. The highest BCUT2D eigenvalue weighted by Crippen LogP contribution is 2.14. The van der Waals surface area contributed by atoms with E-state index in [9.17, 15) is 13.2 Å². The van der Waals surface area contributed by atoms with Crippen molar-refractivity contribution in [3.8, 4) is 0 Å². The van der Waals surface area contributed by atoms with Gasteiger partial charge in [-0.3, -0.25) is 4.79 Å². The van der Waals surface area contributed by atoms with Crippen molar-refractivity contribution in [2.24, 2.45) is 5.92 Å². The first-order valence-corrected chi connectivity index (χ1v) is 9.92. The van der Waals surface area contributed by atoms with Gasteiger partial charge in [0.05, 0.1) is 5.75 Å². The number of hydrogen-bond donors (Lipinski definition) is 2. The second kappa shape index (κ2) is 9.01. The third-order valence-electron chi connectivity index (χ3n) is 3.82. The van der Waals surface area contributed by atoms with E-state index < -0.39 is 21.5 Å². The molecule has 1 fully saturated rings. The molecule has 1 aliphatic heterocycles. The zero-order valence-electron chi connectivity index (χ0n) is 12.9. The first-order valence-electron chi connectivity index (χ1n) is 7.31. The van der Waals surface area contributed by atoms with E-state index in [2.05, 4.69) is 33.5 Å². The second-order valence-corrected chi connectivity index (χ2v) is 8.78. The number of halogens is 2. The Labute approximate surface area is 152 Å². The van der Waals surface area contributed by atoms with E-state index in [4.69, 9.17) is 0 Å². The minimum atomic E-state index is -3.46. The SMILES string of the molecule is CC1CCNCC1NC(=O)CS(=O)(=O)Cc1ccc(Br)cc1.Cl. The molecule has 1 aromatic rings. The van der Waals surface area contributed by atoms with Gasteiger partial charge in [-0.25, -0.2) is 8.42 Å². The Morgan fingerprint density at radius 2 is 2.00 bits per heavy atom. The van der Waals surface area contributed by atoms with Crippen LogP contribution in [0.2, 0.25) is 0 Å². The van der Waals surface area contributed by atoms with E-state index in [0.29, 0.717) is 18.0 Å². The first-order chi connectivity index (χ1) is 10.4. The summed E-state index contributed by atoms with van der Waals surface area (Å²) in [5.41, 5.74) is 0.684. The molecule has 2 atom stereocenters. The van der Waals surface area contributed by atoms with Crippen molar-refractivity contribution >= 4 is 44.1 Å². The Hall–Kier alpha value is -0.630. The van der Waals surface area contributed by atoms with E-state index in [-0.39, 0.29) is 24.2 Å². The third-order valence-corrected chi connectivity index (χ3v) is 5.83. The van der Waals surface area contributed by atoms with Crippen LogP contribution in [0.4, 0.5) is 0 Å². The normalized spacial score (nSPS) is 21.3. The number of rotatable bonds is 5. The van der Waals surface area contributed by atoms with E-state index in [1.807, 2.05) is 0 Å². The Bertz CT molecular complexity index is 622. The number of piperidine rings is 1. The molecular formula is C15H22BrClN2O3S. The maximum absolute atomic E-state index is 12.1. The summed E-state index contributed by atoms with van der Waals surface area (Å²) in [6, 6.07) is 7.07. The van der Waals surface area contributed by atoms with Crippen LogP contribution in [0.25, 0.3) is 0 Å². The van der Waals surface area contributed by atoms with Crippen LogP contribution in [0, 0.1) is 5.92 Å². The van der Waals surface area contributed by atoms with Crippen LogP contribution in [0.5, 0.6) is 0 Å². The average molecular weight is 426 g/mol. The molecule has 0 radical (unpaired) electrons. The van der Waals surface area contributed by atoms with E-state index >= 15 is 0 Å². The van der Waals surface area contributed by atoms with Gasteiger partial charge in [-0.05, 0) is 36.6 Å². The molecule has 1 aliphatic rings. The van der Waals surface area contributed by atoms with Gasteiger partial charge in [0.1, 0.15) is 5.75 Å². The number of hydrogen-bond acceptors (Lipinski definition) is 4. The molecule has 0 saturated carbocycles. The van der Waals surface area contributed by atoms with Gasteiger partial charge < -0.3 is 10.6 Å². The maximum atomic E-state index is 12.1. The van der Waals surface area contributed by atoms with Gasteiger partial charge in [0, 0.05) is 17.1 Å². The molecule has 130 valence electrons. The van der Waals surface area contributed by atoms with E-state index in [1.54, 1.807) is 24.3 Å². The van der Waals surface area contributed by atoms with Crippen LogP contribution in [-0.2, 0) is 20.4 Å². The molecule has 2 rings (SSSR count). The topological polar surface area (TPSA) is 75.3 Å². The van der Waals surface area contributed by atoms with Crippen LogP contribution < -0.4 is 10.6 Å². The molecule has 1 amide bonds. The Morgan fingerprint density at radius 1 is 1.35 bits per heavy atom. The largest absolute Gasteiger partial charge is 0.351 e. The molecule has 8 heteroatoms. The minimum Gasteiger partial charge on any atom is -0.351 e. The Balaban J connectivity index is 0.00000264. The predicted molar refractivity (Wildman–Crippen MR) is 97.5 cm³/mol. The smallest absolute Gasteiger partial charge is 0.235 e. The van der Waals surface area contributed by atoms with Crippen LogP contribution in [-0.4, -0.2) is 39.2 Å². The van der Waals surface area contributed by atoms with Gasteiger partial charge in [0.15, 0.2) is 9.84 Å². The summed E-state index contributed by atoms with van der Waals surface area (Å²) in [5.74, 6) is -0.643. The van der Waals surface area contributed by atoms with E-state index in [1.165, 1.54) is 0 Å². The molecule has 2 unspecified atom stereocenters.